The Morgan fingerprint density at radius 3 is 2.20 bits per heavy atom. The van der Waals surface area contributed by atoms with E-state index in [2.05, 4.69) is 22.2 Å². The summed E-state index contributed by atoms with van der Waals surface area (Å²) in [7, 11) is 0. The fraction of sp³-hybridized carbons (Fsp3) is 0.375. The third kappa shape index (κ3) is 3.39. The zero-order valence-electron chi connectivity index (χ0n) is 12.2. The van der Waals surface area contributed by atoms with E-state index in [4.69, 9.17) is 0 Å². The lowest BCUT2D eigenvalue weighted by atomic mass is 10.1. The Balaban J connectivity index is 2.27. The van der Waals surface area contributed by atoms with Gasteiger partial charge in [-0.3, -0.25) is 0 Å². The van der Waals surface area contributed by atoms with Crippen LogP contribution in [0, 0.1) is 19.7 Å². The third-order valence-corrected chi connectivity index (χ3v) is 3.25. The topological polar surface area (TPSA) is 37.8 Å². The van der Waals surface area contributed by atoms with Crippen molar-refractivity contribution < 1.29 is 4.39 Å². The second-order valence-corrected chi connectivity index (χ2v) is 4.88. The van der Waals surface area contributed by atoms with Gasteiger partial charge in [-0.05, 0) is 51.1 Å². The van der Waals surface area contributed by atoms with E-state index in [0.29, 0.717) is 5.82 Å². The van der Waals surface area contributed by atoms with Gasteiger partial charge in [-0.15, -0.1) is 0 Å². The van der Waals surface area contributed by atoms with Crippen LogP contribution in [0.3, 0.4) is 0 Å². The van der Waals surface area contributed by atoms with E-state index >= 15 is 0 Å². The summed E-state index contributed by atoms with van der Waals surface area (Å²) in [6, 6.07) is 6.28. The molecule has 4 heteroatoms. The van der Waals surface area contributed by atoms with Crippen LogP contribution in [0.25, 0.3) is 11.4 Å². The van der Waals surface area contributed by atoms with Gasteiger partial charge in [0, 0.05) is 29.1 Å². The Kier molecular flexibility index (Phi) is 4.79. The van der Waals surface area contributed by atoms with Crippen molar-refractivity contribution in [2.75, 3.05) is 6.54 Å². The lowest BCUT2D eigenvalue weighted by Gasteiger charge is -2.11. The molecule has 0 saturated carbocycles. The van der Waals surface area contributed by atoms with Crippen molar-refractivity contribution in [1.82, 2.24) is 15.3 Å². The van der Waals surface area contributed by atoms with Gasteiger partial charge in [0.15, 0.2) is 5.82 Å². The molecular formula is C16H20FN3. The first kappa shape index (κ1) is 14.6. The predicted molar refractivity (Wildman–Crippen MR) is 78.9 cm³/mol. The van der Waals surface area contributed by atoms with Crippen LogP contribution in [0.1, 0.15) is 30.3 Å². The molecule has 2 rings (SSSR count). The molecule has 106 valence electrons. The lowest BCUT2D eigenvalue weighted by molar-refractivity contribution is 0.628. The average Bonchev–Trinajstić information content (AvgIpc) is 2.42. The van der Waals surface area contributed by atoms with Crippen LogP contribution in [0.4, 0.5) is 4.39 Å². The molecule has 1 N–H and O–H groups in total. The van der Waals surface area contributed by atoms with Crippen molar-refractivity contribution in [1.29, 1.82) is 0 Å². The number of aryl methyl sites for hydroxylation is 2. The summed E-state index contributed by atoms with van der Waals surface area (Å²) in [5.41, 5.74) is 3.93. The van der Waals surface area contributed by atoms with Crippen LogP contribution >= 0.6 is 0 Å². The molecule has 0 aliphatic heterocycles. The van der Waals surface area contributed by atoms with Crippen LogP contribution in [0.2, 0.25) is 0 Å². The van der Waals surface area contributed by atoms with Crippen molar-refractivity contribution in [3.63, 3.8) is 0 Å². The van der Waals surface area contributed by atoms with Gasteiger partial charge < -0.3 is 5.32 Å². The van der Waals surface area contributed by atoms with Gasteiger partial charge in [-0.1, -0.05) is 6.92 Å². The van der Waals surface area contributed by atoms with E-state index < -0.39 is 0 Å². The van der Waals surface area contributed by atoms with Gasteiger partial charge in [0.25, 0.3) is 0 Å². The number of nitrogens with one attached hydrogen (secondary N) is 1. The number of benzene rings is 1. The Labute approximate surface area is 119 Å². The molecule has 0 fully saturated rings. The van der Waals surface area contributed by atoms with Crippen molar-refractivity contribution in [3.05, 3.63) is 47.0 Å². The minimum Gasteiger partial charge on any atom is -0.313 e. The van der Waals surface area contributed by atoms with E-state index in [1.807, 2.05) is 13.8 Å². The number of aromatic nitrogens is 2. The quantitative estimate of drug-likeness (QED) is 0.848. The zero-order chi connectivity index (χ0) is 14.5. The smallest absolute Gasteiger partial charge is 0.159 e. The SMILES string of the molecule is CCCNCc1c(C)nc(-c2ccc(F)cc2)nc1C. The highest BCUT2D eigenvalue weighted by Crippen LogP contribution is 2.19. The largest absolute Gasteiger partial charge is 0.313 e. The van der Waals surface area contributed by atoms with Gasteiger partial charge in [-0.2, -0.15) is 0 Å². The number of nitrogens with zero attached hydrogens (tertiary/aromatic N) is 2. The normalized spacial score (nSPS) is 10.8. The summed E-state index contributed by atoms with van der Waals surface area (Å²) in [6.45, 7) is 7.89. The molecule has 20 heavy (non-hydrogen) atoms. The minimum absolute atomic E-state index is 0.248. The molecule has 3 nitrogen and oxygen atoms in total. The van der Waals surface area contributed by atoms with Crippen LogP contribution in [-0.4, -0.2) is 16.5 Å². The number of hydrogen-bond acceptors (Lipinski definition) is 3. The van der Waals surface area contributed by atoms with E-state index in [1.54, 1.807) is 12.1 Å². The van der Waals surface area contributed by atoms with Crippen LogP contribution in [0.5, 0.6) is 0 Å². The fourth-order valence-corrected chi connectivity index (χ4v) is 2.11. The molecule has 1 aromatic heterocycles. The highest BCUT2D eigenvalue weighted by atomic mass is 19.1. The standard InChI is InChI=1S/C16H20FN3/c1-4-9-18-10-15-11(2)19-16(20-12(15)3)13-5-7-14(17)8-6-13/h5-8,18H,4,9-10H2,1-3H3. The molecule has 0 atom stereocenters. The molecule has 0 radical (unpaired) electrons. The maximum Gasteiger partial charge on any atom is 0.159 e. The van der Waals surface area contributed by atoms with E-state index in [0.717, 1.165) is 42.0 Å². The molecule has 1 aromatic carbocycles. The number of halogens is 1. The third-order valence-electron chi connectivity index (χ3n) is 3.25. The molecule has 0 bridgehead atoms. The molecule has 1 heterocycles. The maximum atomic E-state index is 12.9. The molecule has 0 spiro atoms. The van der Waals surface area contributed by atoms with E-state index in [9.17, 15) is 4.39 Å². The summed E-state index contributed by atoms with van der Waals surface area (Å²) in [5.74, 6) is 0.404. The second kappa shape index (κ2) is 6.57. The van der Waals surface area contributed by atoms with Gasteiger partial charge in [0.05, 0.1) is 0 Å². The van der Waals surface area contributed by atoms with Gasteiger partial charge in [0.1, 0.15) is 5.82 Å². The summed E-state index contributed by atoms with van der Waals surface area (Å²) in [6.07, 6.45) is 1.10. The molecule has 0 aliphatic carbocycles. The molecule has 0 amide bonds. The van der Waals surface area contributed by atoms with E-state index in [1.165, 1.54) is 12.1 Å². The Hall–Kier alpha value is -1.81. The highest BCUT2D eigenvalue weighted by Gasteiger charge is 2.09. The zero-order valence-corrected chi connectivity index (χ0v) is 12.2. The highest BCUT2D eigenvalue weighted by molar-refractivity contribution is 5.55. The van der Waals surface area contributed by atoms with Crippen molar-refractivity contribution in [3.8, 4) is 11.4 Å². The predicted octanol–water partition coefficient (Wildman–Crippen LogP) is 3.40. The minimum atomic E-state index is -0.248. The molecular weight excluding hydrogens is 253 g/mol. The lowest BCUT2D eigenvalue weighted by Crippen LogP contribution is -2.17. The summed E-state index contributed by atoms with van der Waals surface area (Å²) >= 11 is 0. The van der Waals surface area contributed by atoms with Crippen molar-refractivity contribution in [2.45, 2.75) is 33.7 Å². The van der Waals surface area contributed by atoms with Crippen molar-refractivity contribution >= 4 is 0 Å². The first-order valence-electron chi connectivity index (χ1n) is 6.92. The summed E-state index contributed by atoms with van der Waals surface area (Å²) in [4.78, 5) is 9.08. The second-order valence-electron chi connectivity index (χ2n) is 4.88. The molecule has 0 aliphatic rings. The average molecular weight is 273 g/mol. The fourth-order valence-electron chi connectivity index (χ4n) is 2.11. The number of rotatable bonds is 5. The van der Waals surface area contributed by atoms with Gasteiger partial charge in [-0.25, -0.2) is 14.4 Å². The molecule has 2 aromatic rings. The maximum absolute atomic E-state index is 12.9. The summed E-state index contributed by atoms with van der Waals surface area (Å²) < 4.78 is 12.9. The molecule has 0 saturated heterocycles. The summed E-state index contributed by atoms with van der Waals surface area (Å²) in [5, 5.41) is 3.37. The first-order valence-corrected chi connectivity index (χ1v) is 6.92. The monoisotopic (exact) mass is 273 g/mol. The van der Waals surface area contributed by atoms with Crippen molar-refractivity contribution in [2.24, 2.45) is 0 Å². The van der Waals surface area contributed by atoms with Gasteiger partial charge >= 0.3 is 0 Å². The van der Waals surface area contributed by atoms with Crippen LogP contribution in [0.15, 0.2) is 24.3 Å². The van der Waals surface area contributed by atoms with E-state index in [-0.39, 0.29) is 5.82 Å². The number of hydrogen-bond donors (Lipinski definition) is 1. The van der Waals surface area contributed by atoms with Gasteiger partial charge in [0.2, 0.25) is 0 Å². The Morgan fingerprint density at radius 2 is 1.65 bits per heavy atom. The Morgan fingerprint density at radius 1 is 1.05 bits per heavy atom. The first-order chi connectivity index (χ1) is 9.61. The van der Waals surface area contributed by atoms with Crippen LogP contribution in [-0.2, 0) is 6.54 Å². The molecule has 0 unspecified atom stereocenters. The van der Waals surface area contributed by atoms with Crippen LogP contribution < -0.4 is 5.32 Å². The Bertz CT molecular complexity index is 556.